The number of amides is 1. The summed E-state index contributed by atoms with van der Waals surface area (Å²) in [6.45, 7) is 0.0101. The standard InChI is InChI=1S/C21H21N3O16S4/c1-10(25)22-14-7-12(42(30,31)32)5-11-6-18(43(33,34)35)20(21(27)19(11)14)24-23-13-8-16(39-2)17(9-15(13)26)41(28,29)4-3-40-44(36,37)38/h5-9,26-27H,3-4H2,1-2H3,(H,22,25)(H,30,31,32)(H,33,34,35)(H,36,37,38)/b24-23+. The number of hydrogen-bond donors (Lipinski definition) is 6. The van der Waals surface area contributed by atoms with Crippen LogP contribution in [0, 0.1) is 0 Å². The molecule has 0 saturated heterocycles. The van der Waals surface area contributed by atoms with E-state index in [0.717, 1.165) is 32.2 Å². The zero-order chi connectivity index (χ0) is 33.4. The fourth-order valence-corrected chi connectivity index (χ4v) is 6.54. The first-order valence-electron chi connectivity index (χ1n) is 11.3. The van der Waals surface area contributed by atoms with Crippen molar-refractivity contribution in [1.82, 2.24) is 0 Å². The second-order valence-electron chi connectivity index (χ2n) is 8.53. The number of benzene rings is 3. The van der Waals surface area contributed by atoms with Crippen molar-refractivity contribution in [2.24, 2.45) is 10.2 Å². The number of nitrogens with one attached hydrogen (secondary N) is 1. The van der Waals surface area contributed by atoms with E-state index in [1.54, 1.807) is 0 Å². The van der Waals surface area contributed by atoms with Crippen molar-refractivity contribution in [2.45, 2.75) is 21.6 Å². The normalized spacial score (nSPS) is 12.9. The molecular formula is C21H21N3O16S4. The van der Waals surface area contributed by atoms with Crippen molar-refractivity contribution in [1.29, 1.82) is 0 Å². The van der Waals surface area contributed by atoms with Gasteiger partial charge in [-0.15, -0.1) is 10.2 Å². The van der Waals surface area contributed by atoms with Crippen LogP contribution in [0.15, 0.2) is 55.2 Å². The van der Waals surface area contributed by atoms with Crippen LogP contribution in [0.5, 0.6) is 17.2 Å². The number of anilines is 1. The number of carbonyl (C=O) groups is 1. The van der Waals surface area contributed by atoms with Gasteiger partial charge in [0.05, 0.1) is 30.1 Å². The highest BCUT2D eigenvalue weighted by molar-refractivity contribution is 7.91. The second kappa shape index (κ2) is 12.2. The fraction of sp³-hybridized carbons (Fsp3) is 0.190. The number of hydrogen-bond acceptors (Lipinski definition) is 15. The molecule has 0 radical (unpaired) electrons. The maximum absolute atomic E-state index is 12.6. The van der Waals surface area contributed by atoms with Gasteiger partial charge in [-0.3, -0.25) is 18.5 Å². The molecule has 3 aromatic rings. The molecule has 0 saturated carbocycles. The van der Waals surface area contributed by atoms with Gasteiger partial charge in [-0.05, 0) is 23.6 Å². The molecule has 0 aliphatic carbocycles. The van der Waals surface area contributed by atoms with Gasteiger partial charge >= 0.3 is 10.4 Å². The molecule has 0 aliphatic rings. The Bertz CT molecular complexity index is 2140. The molecule has 0 fully saturated rings. The molecule has 0 aromatic heterocycles. The maximum Gasteiger partial charge on any atom is 0.397 e. The Labute approximate surface area is 249 Å². The molecule has 23 heteroatoms. The van der Waals surface area contributed by atoms with Gasteiger partial charge in [0.25, 0.3) is 20.2 Å². The van der Waals surface area contributed by atoms with E-state index in [0.29, 0.717) is 12.1 Å². The van der Waals surface area contributed by atoms with E-state index < -0.39 is 119 Å². The number of azo groups is 1. The molecule has 6 N–H and O–H groups in total. The number of fused-ring (bicyclic) bond motifs is 1. The summed E-state index contributed by atoms with van der Waals surface area (Å²) < 4.78 is 131. The first-order valence-corrected chi connectivity index (χ1v) is 17.2. The lowest BCUT2D eigenvalue weighted by atomic mass is 10.1. The zero-order valence-corrected chi connectivity index (χ0v) is 25.3. The van der Waals surface area contributed by atoms with Gasteiger partial charge in [0.15, 0.2) is 15.6 Å². The molecule has 3 aromatic carbocycles. The van der Waals surface area contributed by atoms with Crippen molar-refractivity contribution in [2.75, 3.05) is 24.8 Å². The molecule has 1 amide bonds. The van der Waals surface area contributed by atoms with Crippen molar-refractivity contribution in [3.8, 4) is 17.2 Å². The third-order valence-electron chi connectivity index (χ3n) is 5.45. The third-order valence-corrected chi connectivity index (χ3v) is 9.30. The highest BCUT2D eigenvalue weighted by atomic mass is 32.3. The van der Waals surface area contributed by atoms with Crippen LogP contribution in [0.1, 0.15) is 6.92 Å². The van der Waals surface area contributed by atoms with Crippen LogP contribution < -0.4 is 10.1 Å². The highest BCUT2D eigenvalue weighted by Gasteiger charge is 2.27. The summed E-state index contributed by atoms with van der Waals surface area (Å²) in [5, 5.41) is 30.0. The molecule has 0 heterocycles. The second-order valence-corrected chi connectivity index (χ2v) is 14.5. The zero-order valence-electron chi connectivity index (χ0n) is 22.1. The van der Waals surface area contributed by atoms with Gasteiger partial charge in [-0.1, -0.05) is 0 Å². The SMILES string of the molecule is COc1cc(/N=N/c2c(S(=O)(=O)O)cc3cc(S(=O)(=O)O)cc(NC(C)=O)c3c2O)c(O)cc1S(=O)(=O)CCOS(=O)(=O)O. The summed E-state index contributed by atoms with van der Waals surface area (Å²) in [7, 11) is -18.5. The molecule has 3 rings (SSSR count). The van der Waals surface area contributed by atoms with Crippen LogP contribution in [-0.4, -0.2) is 82.9 Å². The first kappa shape index (κ1) is 34.5. The number of nitrogens with zero attached hydrogens (tertiary/aromatic N) is 2. The predicted molar refractivity (Wildman–Crippen MR) is 148 cm³/mol. The molecule has 0 aliphatic heterocycles. The number of ether oxygens (including phenoxy) is 1. The van der Waals surface area contributed by atoms with Crippen molar-refractivity contribution < 1.29 is 71.3 Å². The van der Waals surface area contributed by atoms with Gasteiger partial charge in [-0.25, -0.2) is 12.6 Å². The first-order chi connectivity index (χ1) is 20.0. The molecule has 240 valence electrons. The molecule has 0 unspecified atom stereocenters. The van der Waals surface area contributed by atoms with Crippen LogP contribution in [0.3, 0.4) is 0 Å². The Morgan fingerprint density at radius 1 is 0.864 bits per heavy atom. The van der Waals surface area contributed by atoms with E-state index in [1.165, 1.54) is 0 Å². The molecule has 0 spiro atoms. The van der Waals surface area contributed by atoms with Crippen molar-refractivity contribution >= 4 is 74.2 Å². The summed E-state index contributed by atoms with van der Waals surface area (Å²) in [5.74, 6) is -4.24. The quantitative estimate of drug-likeness (QED) is 0.123. The number of rotatable bonds is 11. The van der Waals surface area contributed by atoms with Gasteiger partial charge in [0.1, 0.15) is 32.7 Å². The minimum absolute atomic E-state index is 0.412. The van der Waals surface area contributed by atoms with Crippen LogP contribution in [0.25, 0.3) is 10.8 Å². The summed E-state index contributed by atoms with van der Waals surface area (Å²) in [6, 6.07) is 3.53. The third kappa shape index (κ3) is 7.94. The Morgan fingerprint density at radius 2 is 1.50 bits per heavy atom. The largest absolute Gasteiger partial charge is 0.506 e. The van der Waals surface area contributed by atoms with Crippen molar-refractivity contribution in [3.63, 3.8) is 0 Å². The number of carbonyl (C=O) groups excluding carboxylic acids is 1. The lowest BCUT2D eigenvalue weighted by Gasteiger charge is -2.14. The molecule has 0 atom stereocenters. The predicted octanol–water partition coefficient (Wildman–Crippen LogP) is 1.72. The lowest BCUT2D eigenvalue weighted by molar-refractivity contribution is -0.114. The van der Waals surface area contributed by atoms with E-state index >= 15 is 0 Å². The minimum atomic E-state index is -5.26. The summed E-state index contributed by atoms with van der Waals surface area (Å²) in [4.78, 5) is 9.10. The van der Waals surface area contributed by atoms with Gasteiger partial charge in [-0.2, -0.15) is 25.3 Å². The molecular weight excluding hydrogens is 679 g/mol. The summed E-state index contributed by atoms with van der Waals surface area (Å²) in [5.41, 5.74) is -2.00. The molecule has 0 bridgehead atoms. The Balaban J connectivity index is 2.24. The Morgan fingerprint density at radius 3 is 2.02 bits per heavy atom. The highest BCUT2D eigenvalue weighted by Crippen LogP contribution is 2.46. The topological polar surface area (TPSA) is 310 Å². The average Bonchev–Trinajstić information content (AvgIpc) is 2.85. The van der Waals surface area contributed by atoms with E-state index in [2.05, 4.69) is 19.7 Å². The van der Waals surface area contributed by atoms with Gasteiger partial charge in [0, 0.05) is 24.4 Å². The summed E-state index contributed by atoms with van der Waals surface area (Å²) >= 11 is 0. The van der Waals surface area contributed by atoms with E-state index in [-0.39, 0.29) is 0 Å². The van der Waals surface area contributed by atoms with Crippen LogP contribution in [-0.2, 0) is 49.5 Å². The minimum Gasteiger partial charge on any atom is -0.506 e. The van der Waals surface area contributed by atoms with Gasteiger partial charge in [0.2, 0.25) is 5.91 Å². The van der Waals surface area contributed by atoms with E-state index in [1.807, 2.05) is 0 Å². The molecule has 19 nitrogen and oxygen atoms in total. The van der Waals surface area contributed by atoms with Crippen LogP contribution >= 0.6 is 0 Å². The van der Waals surface area contributed by atoms with Crippen molar-refractivity contribution in [3.05, 3.63) is 30.3 Å². The Hall–Kier alpha value is -3.97. The van der Waals surface area contributed by atoms with E-state index in [4.69, 9.17) is 9.29 Å². The lowest BCUT2D eigenvalue weighted by Crippen LogP contribution is -2.16. The summed E-state index contributed by atoms with van der Waals surface area (Å²) in [6.07, 6.45) is 0. The fourth-order valence-electron chi connectivity index (χ4n) is 3.67. The number of sulfone groups is 1. The number of methoxy groups -OCH3 is 1. The van der Waals surface area contributed by atoms with Gasteiger partial charge < -0.3 is 20.3 Å². The maximum atomic E-state index is 12.6. The molecule has 44 heavy (non-hydrogen) atoms. The number of phenolic OH excluding ortho intramolecular Hbond substituents is 2. The van der Waals surface area contributed by atoms with Crippen LogP contribution in [0.4, 0.5) is 17.1 Å². The number of phenols is 2. The average molecular weight is 700 g/mol. The monoisotopic (exact) mass is 699 g/mol. The number of aromatic hydroxyl groups is 2. The van der Waals surface area contributed by atoms with Crippen LogP contribution in [0.2, 0.25) is 0 Å². The van der Waals surface area contributed by atoms with E-state index in [9.17, 15) is 57.8 Å². The smallest absolute Gasteiger partial charge is 0.397 e. The Kier molecular flexibility index (Phi) is 9.57.